The van der Waals surface area contributed by atoms with Crippen LogP contribution in [0.25, 0.3) is 0 Å². The van der Waals surface area contributed by atoms with Gasteiger partial charge < -0.3 is 4.90 Å². The van der Waals surface area contributed by atoms with E-state index in [0.717, 1.165) is 13.0 Å². The van der Waals surface area contributed by atoms with Crippen molar-refractivity contribution in [2.24, 2.45) is 0 Å². The average molecular weight is 175 g/mol. The number of hydrogen-bond donors (Lipinski definition) is 0. The zero-order valence-corrected chi connectivity index (χ0v) is 7.52. The number of benzene rings is 1. The molecule has 1 aromatic carbocycles. The fraction of sp³-hybridized carbons (Fsp3) is 0.364. The topological polar surface area (TPSA) is 20.3 Å². The lowest BCUT2D eigenvalue weighted by Gasteiger charge is -2.15. The van der Waals surface area contributed by atoms with Crippen molar-refractivity contribution in [1.29, 1.82) is 0 Å². The third-order valence-electron chi connectivity index (χ3n) is 2.36. The number of amides is 1. The number of carbonyl (C=O) groups excluding carboxylic acids is 1. The summed E-state index contributed by atoms with van der Waals surface area (Å²) < 4.78 is 0. The quantitative estimate of drug-likeness (QED) is 0.639. The molecule has 0 heterocycles. The van der Waals surface area contributed by atoms with Crippen molar-refractivity contribution in [3.63, 3.8) is 0 Å². The van der Waals surface area contributed by atoms with Gasteiger partial charge in [0.05, 0.1) is 0 Å². The largest absolute Gasteiger partial charge is 0.338 e. The highest BCUT2D eigenvalue weighted by Crippen LogP contribution is 2.26. The first kappa shape index (κ1) is 8.30. The molecular weight excluding hydrogens is 162 g/mol. The fourth-order valence-corrected chi connectivity index (χ4v) is 1.45. The van der Waals surface area contributed by atoms with Gasteiger partial charge in [0.25, 0.3) is 0 Å². The zero-order chi connectivity index (χ0) is 9.10. The molecule has 0 saturated heterocycles. The van der Waals surface area contributed by atoms with E-state index in [1.807, 2.05) is 23.1 Å². The van der Waals surface area contributed by atoms with Gasteiger partial charge in [-0.2, -0.15) is 0 Å². The second kappa shape index (κ2) is 3.60. The minimum absolute atomic E-state index is 0.512. The summed E-state index contributed by atoms with van der Waals surface area (Å²) in [4.78, 5) is 12.6. The molecule has 68 valence electrons. The number of rotatable bonds is 4. The molecule has 0 aliphatic heterocycles. The van der Waals surface area contributed by atoms with Crippen molar-refractivity contribution in [1.82, 2.24) is 4.90 Å². The van der Waals surface area contributed by atoms with Gasteiger partial charge >= 0.3 is 0 Å². The lowest BCUT2D eigenvalue weighted by atomic mass is 10.2. The van der Waals surface area contributed by atoms with Crippen LogP contribution in [-0.2, 0) is 11.3 Å². The Labute approximate surface area is 78.2 Å². The van der Waals surface area contributed by atoms with E-state index in [-0.39, 0.29) is 0 Å². The number of hydrogen-bond acceptors (Lipinski definition) is 1. The summed E-state index contributed by atoms with van der Waals surface area (Å²) in [6, 6.07) is 10.6. The highest BCUT2D eigenvalue weighted by atomic mass is 16.1. The summed E-state index contributed by atoms with van der Waals surface area (Å²) in [6.45, 7) is 0.759. The van der Waals surface area contributed by atoms with Gasteiger partial charge in [-0.05, 0) is 18.4 Å². The summed E-state index contributed by atoms with van der Waals surface area (Å²) in [7, 11) is 0. The maximum Gasteiger partial charge on any atom is 0.210 e. The molecule has 0 radical (unpaired) electrons. The molecule has 1 aromatic rings. The first-order chi connectivity index (χ1) is 6.40. The van der Waals surface area contributed by atoms with Crippen LogP contribution in [0, 0.1) is 0 Å². The van der Waals surface area contributed by atoms with Crippen LogP contribution in [0.15, 0.2) is 30.3 Å². The molecule has 1 aliphatic rings. The molecule has 1 amide bonds. The number of nitrogens with zero attached hydrogens (tertiary/aromatic N) is 1. The van der Waals surface area contributed by atoms with Crippen molar-refractivity contribution in [3.8, 4) is 0 Å². The third-order valence-corrected chi connectivity index (χ3v) is 2.36. The van der Waals surface area contributed by atoms with E-state index in [1.165, 1.54) is 18.4 Å². The molecule has 0 spiro atoms. The molecule has 13 heavy (non-hydrogen) atoms. The predicted molar refractivity (Wildman–Crippen MR) is 51.1 cm³/mol. The van der Waals surface area contributed by atoms with Crippen LogP contribution in [0.2, 0.25) is 0 Å². The van der Waals surface area contributed by atoms with Gasteiger partial charge in [-0.3, -0.25) is 4.79 Å². The third kappa shape index (κ3) is 2.08. The molecule has 2 heteroatoms. The Morgan fingerprint density at radius 3 is 2.54 bits per heavy atom. The first-order valence-corrected chi connectivity index (χ1v) is 4.65. The second-order valence-electron chi connectivity index (χ2n) is 3.49. The Kier molecular flexibility index (Phi) is 2.30. The minimum atomic E-state index is 0.512. The summed E-state index contributed by atoms with van der Waals surface area (Å²) in [5.41, 5.74) is 1.21. The van der Waals surface area contributed by atoms with Crippen LogP contribution in [0.1, 0.15) is 18.4 Å². The van der Waals surface area contributed by atoms with Gasteiger partial charge in [-0.1, -0.05) is 30.3 Å². The Hall–Kier alpha value is -1.31. The monoisotopic (exact) mass is 175 g/mol. The van der Waals surface area contributed by atoms with Gasteiger partial charge in [0.1, 0.15) is 0 Å². The van der Waals surface area contributed by atoms with E-state index in [9.17, 15) is 4.79 Å². The molecule has 1 aliphatic carbocycles. The molecule has 2 rings (SSSR count). The highest BCUT2D eigenvalue weighted by Gasteiger charge is 2.27. The van der Waals surface area contributed by atoms with Crippen LogP contribution >= 0.6 is 0 Å². The maximum absolute atomic E-state index is 10.7. The van der Waals surface area contributed by atoms with Crippen LogP contribution in [0.4, 0.5) is 0 Å². The van der Waals surface area contributed by atoms with E-state index in [2.05, 4.69) is 12.1 Å². The molecule has 0 bridgehead atoms. The molecule has 1 fully saturated rings. The maximum atomic E-state index is 10.7. The zero-order valence-electron chi connectivity index (χ0n) is 7.52. The van der Waals surface area contributed by atoms with Crippen molar-refractivity contribution in [2.75, 3.05) is 0 Å². The second-order valence-corrected chi connectivity index (χ2v) is 3.49. The Morgan fingerprint density at radius 2 is 2.00 bits per heavy atom. The normalized spacial score (nSPS) is 15.4. The highest BCUT2D eigenvalue weighted by molar-refractivity contribution is 5.49. The fourth-order valence-electron chi connectivity index (χ4n) is 1.45. The van der Waals surface area contributed by atoms with Crippen LogP contribution in [0.3, 0.4) is 0 Å². The Balaban J connectivity index is 1.99. The Morgan fingerprint density at radius 1 is 1.31 bits per heavy atom. The van der Waals surface area contributed by atoms with Gasteiger partial charge in [-0.15, -0.1) is 0 Å². The van der Waals surface area contributed by atoms with Crippen LogP contribution in [0.5, 0.6) is 0 Å². The molecular formula is C11H13NO. The molecule has 2 nitrogen and oxygen atoms in total. The summed E-state index contributed by atoms with van der Waals surface area (Å²) in [5.74, 6) is 0. The van der Waals surface area contributed by atoms with E-state index in [0.29, 0.717) is 6.04 Å². The van der Waals surface area contributed by atoms with Crippen molar-refractivity contribution < 1.29 is 4.79 Å². The van der Waals surface area contributed by atoms with Gasteiger partial charge in [-0.25, -0.2) is 0 Å². The molecule has 0 unspecified atom stereocenters. The lowest BCUT2D eigenvalue weighted by Crippen LogP contribution is -2.23. The summed E-state index contributed by atoms with van der Waals surface area (Å²) in [5, 5.41) is 0. The smallest absolute Gasteiger partial charge is 0.210 e. The van der Waals surface area contributed by atoms with Gasteiger partial charge in [0.15, 0.2) is 0 Å². The van der Waals surface area contributed by atoms with Gasteiger partial charge in [0, 0.05) is 12.6 Å². The Bertz CT molecular complexity index is 279. The molecule has 0 N–H and O–H groups in total. The standard InChI is InChI=1S/C11H13NO/c13-9-12(11-6-7-11)8-10-4-2-1-3-5-10/h1-5,9,11H,6-8H2. The summed E-state index contributed by atoms with van der Waals surface area (Å²) in [6.07, 6.45) is 3.31. The van der Waals surface area contributed by atoms with E-state index >= 15 is 0 Å². The molecule has 0 aromatic heterocycles. The van der Waals surface area contributed by atoms with Crippen molar-refractivity contribution in [3.05, 3.63) is 35.9 Å². The van der Waals surface area contributed by atoms with E-state index in [4.69, 9.17) is 0 Å². The van der Waals surface area contributed by atoms with Crippen molar-refractivity contribution in [2.45, 2.75) is 25.4 Å². The predicted octanol–water partition coefficient (Wildman–Crippen LogP) is 1.81. The lowest BCUT2D eigenvalue weighted by molar-refractivity contribution is -0.119. The van der Waals surface area contributed by atoms with Crippen molar-refractivity contribution >= 4 is 6.41 Å². The van der Waals surface area contributed by atoms with Crippen LogP contribution in [-0.4, -0.2) is 17.4 Å². The van der Waals surface area contributed by atoms with Gasteiger partial charge in [0.2, 0.25) is 6.41 Å². The summed E-state index contributed by atoms with van der Waals surface area (Å²) >= 11 is 0. The first-order valence-electron chi connectivity index (χ1n) is 4.65. The molecule has 1 saturated carbocycles. The molecule has 0 atom stereocenters. The minimum Gasteiger partial charge on any atom is -0.338 e. The average Bonchev–Trinajstić information content (AvgIpc) is 2.99. The van der Waals surface area contributed by atoms with Crippen LogP contribution < -0.4 is 0 Å². The van der Waals surface area contributed by atoms with E-state index in [1.54, 1.807) is 0 Å². The van der Waals surface area contributed by atoms with E-state index < -0.39 is 0 Å². The SMILES string of the molecule is O=CN(Cc1ccccc1)C1CC1. The number of carbonyl (C=O) groups is 1.